The number of hydrogen-bond acceptors (Lipinski definition) is 2. The smallest absolute Gasteiger partial charge is 0.185 e. The van der Waals surface area contributed by atoms with Crippen molar-refractivity contribution in [3.63, 3.8) is 0 Å². The average molecular weight is 287 g/mol. The molecular weight excluding hydrogens is 272 g/mol. The SMILES string of the molecule is CCOc1ccc(/C=C/C(=O)c2ccc(Cl)cc2)cc1. The summed E-state index contributed by atoms with van der Waals surface area (Å²) in [6, 6.07) is 14.4. The quantitative estimate of drug-likeness (QED) is 0.591. The minimum Gasteiger partial charge on any atom is -0.494 e. The molecule has 2 nitrogen and oxygen atoms in total. The lowest BCUT2D eigenvalue weighted by Gasteiger charge is -2.02. The molecule has 0 bridgehead atoms. The van der Waals surface area contributed by atoms with Gasteiger partial charge in [0.05, 0.1) is 6.61 Å². The second-order valence-corrected chi connectivity index (χ2v) is 4.64. The van der Waals surface area contributed by atoms with Crippen molar-refractivity contribution in [2.45, 2.75) is 6.92 Å². The maximum atomic E-state index is 11.9. The number of ether oxygens (including phenoxy) is 1. The van der Waals surface area contributed by atoms with Crippen LogP contribution in [0.15, 0.2) is 54.6 Å². The Labute approximate surface area is 123 Å². The third-order valence-electron chi connectivity index (χ3n) is 2.75. The van der Waals surface area contributed by atoms with Gasteiger partial charge in [-0.2, -0.15) is 0 Å². The molecule has 0 heterocycles. The van der Waals surface area contributed by atoms with Gasteiger partial charge in [0.1, 0.15) is 5.75 Å². The summed E-state index contributed by atoms with van der Waals surface area (Å²) < 4.78 is 5.36. The third-order valence-corrected chi connectivity index (χ3v) is 3.00. The molecule has 0 unspecified atom stereocenters. The molecule has 2 aromatic rings. The molecule has 0 N–H and O–H groups in total. The predicted octanol–water partition coefficient (Wildman–Crippen LogP) is 4.63. The summed E-state index contributed by atoms with van der Waals surface area (Å²) in [6.07, 6.45) is 3.34. The number of allylic oxidation sites excluding steroid dienone is 1. The second-order valence-electron chi connectivity index (χ2n) is 4.21. The predicted molar refractivity (Wildman–Crippen MR) is 82.4 cm³/mol. The lowest BCUT2D eigenvalue weighted by atomic mass is 10.1. The number of carbonyl (C=O) groups excluding carboxylic acids is 1. The van der Waals surface area contributed by atoms with Gasteiger partial charge in [0.2, 0.25) is 0 Å². The zero-order chi connectivity index (χ0) is 14.4. The van der Waals surface area contributed by atoms with Crippen molar-refractivity contribution in [3.8, 4) is 5.75 Å². The first-order chi connectivity index (χ1) is 9.69. The number of carbonyl (C=O) groups is 1. The first kappa shape index (κ1) is 14.4. The van der Waals surface area contributed by atoms with Crippen LogP contribution in [0.4, 0.5) is 0 Å². The van der Waals surface area contributed by atoms with Crippen molar-refractivity contribution >= 4 is 23.5 Å². The molecule has 0 aromatic heterocycles. The molecule has 0 spiro atoms. The molecule has 20 heavy (non-hydrogen) atoms. The molecule has 2 rings (SSSR count). The monoisotopic (exact) mass is 286 g/mol. The van der Waals surface area contributed by atoms with Gasteiger partial charge < -0.3 is 4.74 Å². The van der Waals surface area contributed by atoms with Crippen LogP contribution in [0.3, 0.4) is 0 Å². The van der Waals surface area contributed by atoms with E-state index in [2.05, 4.69) is 0 Å². The Bertz CT molecular complexity index is 598. The topological polar surface area (TPSA) is 26.3 Å². The van der Waals surface area contributed by atoms with E-state index in [4.69, 9.17) is 16.3 Å². The zero-order valence-electron chi connectivity index (χ0n) is 11.2. The molecule has 102 valence electrons. The van der Waals surface area contributed by atoms with Crippen LogP contribution >= 0.6 is 11.6 Å². The van der Waals surface area contributed by atoms with E-state index in [0.29, 0.717) is 17.2 Å². The van der Waals surface area contributed by atoms with Crippen LogP contribution in [-0.2, 0) is 0 Å². The van der Waals surface area contributed by atoms with Gasteiger partial charge in [-0.1, -0.05) is 29.8 Å². The van der Waals surface area contributed by atoms with E-state index in [-0.39, 0.29) is 5.78 Å². The van der Waals surface area contributed by atoms with Gasteiger partial charge in [-0.15, -0.1) is 0 Å². The van der Waals surface area contributed by atoms with Crippen LogP contribution < -0.4 is 4.74 Å². The fraction of sp³-hybridized carbons (Fsp3) is 0.118. The summed E-state index contributed by atoms with van der Waals surface area (Å²) in [5, 5.41) is 0.622. The maximum Gasteiger partial charge on any atom is 0.185 e. The van der Waals surface area contributed by atoms with Crippen molar-refractivity contribution in [2.24, 2.45) is 0 Å². The standard InChI is InChI=1S/C17H15ClO2/c1-2-20-16-10-3-13(4-11-16)5-12-17(19)14-6-8-15(18)9-7-14/h3-12H,2H2,1H3/b12-5+. The van der Waals surface area contributed by atoms with E-state index in [0.717, 1.165) is 11.3 Å². The summed E-state index contributed by atoms with van der Waals surface area (Å²) in [5.74, 6) is 0.782. The first-order valence-corrected chi connectivity index (χ1v) is 6.77. The average Bonchev–Trinajstić information content (AvgIpc) is 2.47. The Kier molecular flexibility index (Phi) is 4.97. The van der Waals surface area contributed by atoms with Gasteiger partial charge in [-0.25, -0.2) is 0 Å². The highest BCUT2D eigenvalue weighted by Gasteiger charge is 2.01. The lowest BCUT2D eigenvalue weighted by molar-refractivity contribution is 0.104. The molecular formula is C17H15ClO2. The second kappa shape index (κ2) is 6.92. The van der Waals surface area contributed by atoms with Gasteiger partial charge >= 0.3 is 0 Å². The molecule has 0 radical (unpaired) electrons. The van der Waals surface area contributed by atoms with E-state index in [1.807, 2.05) is 31.2 Å². The van der Waals surface area contributed by atoms with Crippen LogP contribution in [0.5, 0.6) is 5.75 Å². The summed E-state index contributed by atoms with van der Waals surface area (Å²) in [4.78, 5) is 11.9. The molecule has 0 amide bonds. The van der Waals surface area contributed by atoms with Gasteiger partial charge in [-0.3, -0.25) is 4.79 Å². The van der Waals surface area contributed by atoms with Crippen molar-refractivity contribution < 1.29 is 9.53 Å². The first-order valence-electron chi connectivity index (χ1n) is 6.40. The maximum absolute atomic E-state index is 11.9. The lowest BCUT2D eigenvalue weighted by Crippen LogP contribution is -1.93. The highest BCUT2D eigenvalue weighted by Crippen LogP contribution is 2.14. The minimum absolute atomic E-state index is 0.0458. The summed E-state index contributed by atoms with van der Waals surface area (Å²) in [6.45, 7) is 2.59. The van der Waals surface area contributed by atoms with E-state index >= 15 is 0 Å². The van der Waals surface area contributed by atoms with Crippen molar-refractivity contribution in [3.05, 3.63) is 70.8 Å². The van der Waals surface area contributed by atoms with E-state index in [1.54, 1.807) is 36.4 Å². The van der Waals surface area contributed by atoms with Crippen LogP contribution in [0.1, 0.15) is 22.8 Å². The highest BCUT2D eigenvalue weighted by molar-refractivity contribution is 6.30. The summed E-state index contributed by atoms with van der Waals surface area (Å²) in [7, 11) is 0. The Morgan fingerprint density at radius 2 is 1.75 bits per heavy atom. The van der Waals surface area contributed by atoms with Gasteiger partial charge in [0, 0.05) is 10.6 Å². The minimum atomic E-state index is -0.0458. The molecule has 0 aliphatic carbocycles. The summed E-state index contributed by atoms with van der Waals surface area (Å²) in [5.41, 5.74) is 1.58. The van der Waals surface area contributed by atoms with Crippen molar-refractivity contribution in [2.75, 3.05) is 6.61 Å². The number of hydrogen-bond donors (Lipinski definition) is 0. The van der Waals surface area contributed by atoms with Crippen LogP contribution in [0.2, 0.25) is 5.02 Å². The van der Waals surface area contributed by atoms with E-state index in [1.165, 1.54) is 0 Å². The van der Waals surface area contributed by atoms with Crippen LogP contribution in [0, 0.1) is 0 Å². The normalized spacial score (nSPS) is 10.7. The third kappa shape index (κ3) is 3.97. The molecule has 0 fully saturated rings. The Hall–Kier alpha value is -2.06. The Morgan fingerprint density at radius 1 is 1.10 bits per heavy atom. The Morgan fingerprint density at radius 3 is 2.35 bits per heavy atom. The molecule has 2 aromatic carbocycles. The van der Waals surface area contributed by atoms with Crippen LogP contribution in [0.25, 0.3) is 6.08 Å². The van der Waals surface area contributed by atoms with E-state index in [9.17, 15) is 4.79 Å². The molecule has 0 saturated heterocycles. The van der Waals surface area contributed by atoms with Crippen molar-refractivity contribution in [1.82, 2.24) is 0 Å². The molecule has 3 heteroatoms. The van der Waals surface area contributed by atoms with E-state index < -0.39 is 0 Å². The molecule has 0 aliphatic rings. The van der Waals surface area contributed by atoms with Crippen LogP contribution in [-0.4, -0.2) is 12.4 Å². The van der Waals surface area contributed by atoms with Gasteiger partial charge in [-0.05, 0) is 55.0 Å². The molecule has 0 atom stereocenters. The van der Waals surface area contributed by atoms with Gasteiger partial charge in [0.15, 0.2) is 5.78 Å². The molecule has 0 saturated carbocycles. The van der Waals surface area contributed by atoms with Crippen molar-refractivity contribution in [1.29, 1.82) is 0 Å². The zero-order valence-corrected chi connectivity index (χ0v) is 11.9. The molecule has 0 aliphatic heterocycles. The Balaban J connectivity index is 2.04. The number of benzene rings is 2. The largest absolute Gasteiger partial charge is 0.494 e. The fourth-order valence-electron chi connectivity index (χ4n) is 1.72. The number of rotatable bonds is 5. The summed E-state index contributed by atoms with van der Waals surface area (Å²) >= 11 is 5.79. The highest BCUT2D eigenvalue weighted by atomic mass is 35.5. The number of ketones is 1. The number of halogens is 1. The van der Waals surface area contributed by atoms with Gasteiger partial charge in [0.25, 0.3) is 0 Å². The fourth-order valence-corrected chi connectivity index (χ4v) is 1.85.